The topological polar surface area (TPSA) is 23.5 Å². The first-order valence-electron chi connectivity index (χ1n) is 6.31. The van der Waals surface area contributed by atoms with Crippen LogP contribution in [0.25, 0.3) is 10.8 Å². The molecule has 3 rings (SSSR count). The SMILES string of the molecule is Oc1ccc2c(N3CCCCC3)cccc2c1. The third-order valence-electron chi connectivity index (χ3n) is 3.54. The molecular formula is C15H17NO. The van der Waals surface area contributed by atoms with Crippen molar-refractivity contribution in [2.45, 2.75) is 19.3 Å². The molecule has 0 aliphatic carbocycles. The molecule has 0 bridgehead atoms. The minimum absolute atomic E-state index is 0.341. The van der Waals surface area contributed by atoms with E-state index in [2.05, 4.69) is 23.1 Å². The lowest BCUT2D eigenvalue weighted by Crippen LogP contribution is -2.29. The first-order chi connectivity index (χ1) is 8.34. The van der Waals surface area contributed by atoms with E-state index in [9.17, 15) is 5.11 Å². The van der Waals surface area contributed by atoms with Crippen molar-refractivity contribution in [1.82, 2.24) is 0 Å². The minimum atomic E-state index is 0.341. The standard InChI is InChI=1S/C15H17NO/c17-13-7-8-14-12(11-13)5-4-6-15(14)16-9-2-1-3-10-16/h4-8,11,17H,1-3,9-10H2. The molecule has 1 fully saturated rings. The third kappa shape index (κ3) is 1.95. The summed E-state index contributed by atoms with van der Waals surface area (Å²) in [6.07, 6.45) is 3.92. The summed E-state index contributed by atoms with van der Waals surface area (Å²) < 4.78 is 0. The van der Waals surface area contributed by atoms with Gasteiger partial charge in [0.25, 0.3) is 0 Å². The van der Waals surface area contributed by atoms with Gasteiger partial charge in [0.2, 0.25) is 0 Å². The molecule has 1 N–H and O–H groups in total. The van der Waals surface area contributed by atoms with Crippen LogP contribution in [0.2, 0.25) is 0 Å². The Bertz CT molecular complexity index is 529. The first-order valence-corrected chi connectivity index (χ1v) is 6.31. The number of nitrogens with zero attached hydrogens (tertiary/aromatic N) is 1. The van der Waals surface area contributed by atoms with E-state index in [1.54, 1.807) is 6.07 Å². The van der Waals surface area contributed by atoms with Crippen molar-refractivity contribution in [2.75, 3.05) is 18.0 Å². The number of piperidine rings is 1. The van der Waals surface area contributed by atoms with Crippen molar-refractivity contribution in [3.63, 3.8) is 0 Å². The largest absolute Gasteiger partial charge is 0.508 e. The molecular weight excluding hydrogens is 210 g/mol. The van der Waals surface area contributed by atoms with Gasteiger partial charge in [-0.2, -0.15) is 0 Å². The van der Waals surface area contributed by atoms with Gasteiger partial charge in [0.05, 0.1) is 0 Å². The zero-order valence-corrected chi connectivity index (χ0v) is 9.89. The molecule has 2 aromatic rings. The first kappa shape index (κ1) is 10.5. The zero-order valence-electron chi connectivity index (χ0n) is 9.89. The van der Waals surface area contributed by atoms with E-state index in [-0.39, 0.29) is 0 Å². The Labute approximate surface area is 101 Å². The Balaban J connectivity index is 2.09. The monoisotopic (exact) mass is 227 g/mol. The second-order valence-corrected chi connectivity index (χ2v) is 4.73. The lowest BCUT2D eigenvalue weighted by molar-refractivity contribution is 0.476. The number of phenols is 1. The molecule has 1 saturated heterocycles. The number of aromatic hydroxyl groups is 1. The number of hydrogen-bond acceptors (Lipinski definition) is 2. The molecule has 2 nitrogen and oxygen atoms in total. The van der Waals surface area contributed by atoms with Crippen LogP contribution in [0.4, 0.5) is 5.69 Å². The quantitative estimate of drug-likeness (QED) is 0.805. The fourth-order valence-corrected chi connectivity index (χ4v) is 2.66. The van der Waals surface area contributed by atoms with E-state index in [1.807, 2.05) is 12.1 Å². The minimum Gasteiger partial charge on any atom is -0.508 e. The normalized spacial score (nSPS) is 16.4. The maximum atomic E-state index is 9.52. The maximum absolute atomic E-state index is 9.52. The van der Waals surface area contributed by atoms with Crippen molar-refractivity contribution >= 4 is 16.5 Å². The van der Waals surface area contributed by atoms with Crippen molar-refractivity contribution in [3.8, 4) is 5.75 Å². The molecule has 1 aliphatic heterocycles. The van der Waals surface area contributed by atoms with Crippen LogP contribution in [0, 0.1) is 0 Å². The average molecular weight is 227 g/mol. The highest BCUT2D eigenvalue weighted by Gasteiger charge is 2.13. The van der Waals surface area contributed by atoms with Crippen molar-refractivity contribution in [2.24, 2.45) is 0 Å². The van der Waals surface area contributed by atoms with Crippen LogP contribution in [-0.4, -0.2) is 18.2 Å². The maximum Gasteiger partial charge on any atom is 0.116 e. The van der Waals surface area contributed by atoms with Gasteiger partial charge in [-0.15, -0.1) is 0 Å². The summed E-state index contributed by atoms with van der Waals surface area (Å²) in [5.74, 6) is 0.341. The molecule has 1 heterocycles. The molecule has 0 radical (unpaired) electrons. The molecule has 0 aromatic heterocycles. The van der Waals surface area contributed by atoms with E-state index in [0.29, 0.717) is 5.75 Å². The molecule has 1 aliphatic rings. The summed E-state index contributed by atoms with van der Waals surface area (Å²) in [4.78, 5) is 2.46. The van der Waals surface area contributed by atoms with Gasteiger partial charge in [-0.1, -0.05) is 12.1 Å². The van der Waals surface area contributed by atoms with E-state index in [0.717, 1.165) is 18.5 Å². The zero-order chi connectivity index (χ0) is 11.7. The van der Waals surface area contributed by atoms with Gasteiger partial charge in [-0.25, -0.2) is 0 Å². The second-order valence-electron chi connectivity index (χ2n) is 4.73. The average Bonchev–Trinajstić information content (AvgIpc) is 2.39. The summed E-state index contributed by atoms with van der Waals surface area (Å²) in [7, 11) is 0. The molecule has 0 atom stereocenters. The fraction of sp³-hybridized carbons (Fsp3) is 0.333. The Hall–Kier alpha value is -1.70. The number of fused-ring (bicyclic) bond motifs is 1. The number of anilines is 1. The predicted octanol–water partition coefficient (Wildman–Crippen LogP) is 3.54. The van der Waals surface area contributed by atoms with Gasteiger partial charge in [-0.3, -0.25) is 0 Å². The summed E-state index contributed by atoms with van der Waals surface area (Å²) in [6.45, 7) is 2.31. The van der Waals surface area contributed by atoms with Crippen molar-refractivity contribution in [3.05, 3.63) is 36.4 Å². The Morgan fingerprint density at radius 3 is 2.59 bits per heavy atom. The van der Waals surface area contributed by atoms with Crippen LogP contribution in [0.3, 0.4) is 0 Å². The summed E-state index contributed by atoms with van der Waals surface area (Å²) in [5, 5.41) is 11.9. The number of hydrogen-bond donors (Lipinski definition) is 1. The summed E-state index contributed by atoms with van der Waals surface area (Å²) in [6, 6.07) is 12.0. The fourth-order valence-electron chi connectivity index (χ4n) is 2.66. The lowest BCUT2D eigenvalue weighted by Gasteiger charge is -2.29. The molecule has 2 aromatic carbocycles. The van der Waals surface area contributed by atoms with Crippen molar-refractivity contribution < 1.29 is 5.11 Å². The van der Waals surface area contributed by atoms with Crippen LogP contribution >= 0.6 is 0 Å². The smallest absolute Gasteiger partial charge is 0.116 e. The highest BCUT2D eigenvalue weighted by Crippen LogP contribution is 2.30. The van der Waals surface area contributed by atoms with Gasteiger partial charge in [-0.05, 0) is 48.9 Å². The molecule has 0 spiro atoms. The van der Waals surface area contributed by atoms with Gasteiger partial charge in [0.15, 0.2) is 0 Å². The molecule has 17 heavy (non-hydrogen) atoms. The van der Waals surface area contributed by atoms with Crippen molar-refractivity contribution in [1.29, 1.82) is 0 Å². The predicted molar refractivity (Wildman–Crippen MR) is 71.7 cm³/mol. The van der Waals surface area contributed by atoms with Crippen LogP contribution in [0.1, 0.15) is 19.3 Å². The Morgan fingerprint density at radius 2 is 1.76 bits per heavy atom. The summed E-state index contributed by atoms with van der Waals surface area (Å²) >= 11 is 0. The van der Waals surface area contributed by atoms with E-state index < -0.39 is 0 Å². The molecule has 0 unspecified atom stereocenters. The highest BCUT2D eigenvalue weighted by molar-refractivity contribution is 5.95. The Morgan fingerprint density at radius 1 is 0.941 bits per heavy atom. The second kappa shape index (κ2) is 4.28. The van der Waals surface area contributed by atoms with Gasteiger partial charge >= 0.3 is 0 Å². The highest BCUT2D eigenvalue weighted by atomic mass is 16.3. The van der Waals surface area contributed by atoms with Crippen LogP contribution in [0.5, 0.6) is 5.75 Å². The van der Waals surface area contributed by atoms with Gasteiger partial charge in [0.1, 0.15) is 5.75 Å². The lowest BCUT2D eigenvalue weighted by atomic mass is 10.0. The number of phenolic OH excluding ortho intramolecular Hbond substituents is 1. The van der Waals surface area contributed by atoms with Gasteiger partial charge < -0.3 is 10.0 Å². The Kier molecular flexibility index (Phi) is 2.63. The van der Waals surface area contributed by atoms with E-state index in [1.165, 1.54) is 30.3 Å². The molecule has 0 saturated carbocycles. The number of benzene rings is 2. The number of rotatable bonds is 1. The summed E-state index contributed by atoms with van der Waals surface area (Å²) in [5.41, 5.74) is 1.31. The van der Waals surface area contributed by atoms with Gasteiger partial charge in [0, 0.05) is 24.2 Å². The van der Waals surface area contributed by atoms with Crippen LogP contribution in [0.15, 0.2) is 36.4 Å². The van der Waals surface area contributed by atoms with E-state index >= 15 is 0 Å². The van der Waals surface area contributed by atoms with Crippen LogP contribution < -0.4 is 4.90 Å². The van der Waals surface area contributed by atoms with E-state index in [4.69, 9.17) is 0 Å². The third-order valence-corrected chi connectivity index (χ3v) is 3.54. The van der Waals surface area contributed by atoms with Crippen LogP contribution in [-0.2, 0) is 0 Å². The molecule has 2 heteroatoms. The molecule has 88 valence electrons. The molecule has 0 amide bonds.